The van der Waals surface area contributed by atoms with E-state index in [-0.39, 0.29) is 18.2 Å². The monoisotopic (exact) mass is 295 g/mol. The summed E-state index contributed by atoms with van der Waals surface area (Å²) in [6.45, 7) is 1.82. The predicted octanol–water partition coefficient (Wildman–Crippen LogP) is 3.21. The lowest BCUT2D eigenvalue weighted by molar-refractivity contribution is -0.137. The highest BCUT2D eigenvalue weighted by Gasteiger charge is 2.33. The molecule has 4 nitrogen and oxygen atoms in total. The lowest BCUT2D eigenvalue weighted by Gasteiger charge is -2.23. The number of anilines is 1. The largest absolute Gasteiger partial charge is 0.416 e. The highest BCUT2D eigenvalue weighted by molar-refractivity contribution is 5.94. The van der Waals surface area contributed by atoms with Gasteiger partial charge in [0.15, 0.2) is 5.82 Å². The van der Waals surface area contributed by atoms with Crippen molar-refractivity contribution in [1.29, 1.82) is 0 Å². The average Bonchev–Trinajstić information content (AvgIpc) is 2.78. The van der Waals surface area contributed by atoms with Crippen LogP contribution in [0.15, 0.2) is 24.3 Å². The minimum atomic E-state index is -4.36. The first-order valence-electron chi connectivity index (χ1n) is 6.38. The number of hydrogen-bond donors (Lipinski definition) is 2. The Morgan fingerprint density at radius 3 is 2.52 bits per heavy atom. The second-order valence-corrected chi connectivity index (χ2v) is 5.04. The van der Waals surface area contributed by atoms with E-state index in [1.807, 2.05) is 6.92 Å². The number of fused-ring (bicyclic) bond motifs is 1. The van der Waals surface area contributed by atoms with Crippen LogP contribution in [0.5, 0.6) is 0 Å². The molecule has 0 bridgehead atoms. The van der Waals surface area contributed by atoms with Gasteiger partial charge in [0.05, 0.1) is 5.56 Å². The Hall–Kier alpha value is -2.31. The van der Waals surface area contributed by atoms with Crippen molar-refractivity contribution in [3.8, 4) is 0 Å². The van der Waals surface area contributed by atoms with E-state index in [0.29, 0.717) is 11.4 Å². The molecule has 0 unspecified atom stereocenters. The van der Waals surface area contributed by atoms with E-state index >= 15 is 0 Å². The second kappa shape index (κ2) is 4.61. The third-order valence-electron chi connectivity index (χ3n) is 3.63. The lowest BCUT2D eigenvalue weighted by Crippen LogP contribution is -2.23. The van der Waals surface area contributed by atoms with Gasteiger partial charge in [-0.3, -0.25) is 9.89 Å². The molecule has 1 aromatic carbocycles. The van der Waals surface area contributed by atoms with Crippen LogP contribution >= 0.6 is 0 Å². The Kier molecular flexibility index (Phi) is 3.00. The number of halogens is 3. The van der Waals surface area contributed by atoms with E-state index in [0.717, 1.165) is 23.4 Å². The summed E-state index contributed by atoms with van der Waals surface area (Å²) in [6, 6.07) is 4.92. The van der Waals surface area contributed by atoms with Crippen molar-refractivity contribution in [3.05, 3.63) is 46.6 Å². The maximum Gasteiger partial charge on any atom is 0.416 e. The van der Waals surface area contributed by atoms with Gasteiger partial charge in [0.1, 0.15) is 0 Å². The van der Waals surface area contributed by atoms with Crippen molar-refractivity contribution in [2.45, 2.75) is 25.4 Å². The first kappa shape index (κ1) is 13.7. The van der Waals surface area contributed by atoms with Crippen LogP contribution in [0, 0.1) is 6.92 Å². The number of alkyl halides is 3. The predicted molar refractivity (Wildman–Crippen MR) is 69.9 cm³/mol. The molecule has 21 heavy (non-hydrogen) atoms. The molecule has 0 spiro atoms. The molecule has 0 fully saturated rings. The fourth-order valence-electron chi connectivity index (χ4n) is 2.62. The molecule has 1 aliphatic heterocycles. The number of aryl methyl sites for hydroxylation is 1. The molecule has 1 atom stereocenters. The molecule has 7 heteroatoms. The van der Waals surface area contributed by atoms with Crippen molar-refractivity contribution in [3.63, 3.8) is 0 Å². The zero-order valence-corrected chi connectivity index (χ0v) is 11.1. The van der Waals surface area contributed by atoms with E-state index in [1.165, 1.54) is 12.1 Å². The van der Waals surface area contributed by atoms with Crippen molar-refractivity contribution >= 4 is 11.7 Å². The number of aromatic amines is 1. The van der Waals surface area contributed by atoms with Gasteiger partial charge in [-0.1, -0.05) is 12.1 Å². The Bertz CT molecular complexity index is 688. The molecule has 2 N–H and O–H groups in total. The summed E-state index contributed by atoms with van der Waals surface area (Å²) in [4.78, 5) is 11.7. The van der Waals surface area contributed by atoms with Crippen LogP contribution in [0.2, 0.25) is 0 Å². The molecule has 2 heterocycles. The van der Waals surface area contributed by atoms with Gasteiger partial charge in [-0.25, -0.2) is 0 Å². The number of carbonyl (C=O) groups is 1. The topological polar surface area (TPSA) is 57.8 Å². The SMILES string of the molecule is Cc1[nH]nc2c1[C@H](c1ccc(C(F)(F)F)cc1)CC(=O)N2. The van der Waals surface area contributed by atoms with Crippen LogP contribution in [-0.4, -0.2) is 16.1 Å². The summed E-state index contributed by atoms with van der Waals surface area (Å²) in [5.41, 5.74) is 1.60. The van der Waals surface area contributed by atoms with Crippen LogP contribution in [0.4, 0.5) is 19.0 Å². The number of carbonyl (C=O) groups excluding carboxylic acids is 1. The van der Waals surface area contributed by atoms with Gasteiger partial charge < -0.3 is 5.32 Å². The first-order valence-corrected chi connectivity index (χ1v) is 6.38. The molecule has 0 saturated carbocycles. The van der Waals surface area contributed by atoms with E-state index in [1.54, 1.807) is 0 Å². The number of nitrogens with zero attached hydrogens (tertiary/aromatic N) is 1. The molecular weight excluding hydrogens is 283 g/mol. The molecule has 3 rings (SSSR count). The molecular formula is C14H12F3N3O. The number of aromatic nitrogens is 2. The van der Waals surface area contributed by atoms with Crippen molar-refractivity contribution in [2.75, 3.05) is 5.32 Å². The van der Waals surface area contributed by atoms with Crippen LogP contribution in [-0.2, 0) is 11.0 Å². The van der Waals surface area contributed by atoms with Crippen molar-refractivity contribution in [2.24, 2.45) is 0 Å². The number of rotatable bonds is 1. The first-order chi connectivity index (χ1) is 9.86. The summed E-state index contributed by atoms with van der Waals surface area (Å²) < 4.78 is 37.8. The van der Waals surface area contributed by atoms with Crippen molar-refractivity contribution < 1.29 is 18.0 Å². The molecule has 2 aromatic rings. The van der Waals surface area contributed by atoms with Crippen molar-refractivity contribution in [1.82, 2.24) is 10.2 Å². The summed E-state index contributed by atoms with van der Waals surface area (Å²) >= 11 is 0. The standard InChI is InChI=1S/C14H12F3N3O/c1-7-12-10(6-11(21)18-13(12)20-19-7)8-2-4-9(5-3-8)14(15,16)17/h2-5,10H,6H2,1H3,(H2,18,19,20,21)/t10-/m0/s1. The van der Waals surface area contributed by atoms with E-state index in [2.05, 4.69) is 15.5 Å². The Labute approximate surface area is 118 Å². The van der Waals surface area contributed by atoms with Crippen LogP contribution < -0.4 is 5.32 Å². The fourth-order valence-corrected chi connectivity index (χ4v) is 2.62. The summed E-state index contributed by atoms with van der Waals surface area (Å²) in [6.07, 6.45) is -4.17. The quantitative estimate of drug-likeness (QED) is 0.848. The van der Waals surface area contributed by atoms with E-state index in [9.17, 15) is 18.0 Å². The third-order valence-corrected chi connectivity index (χ3v) is 3.63. The second-order valence-electron chi connectivity index (χ2n) is 5.04. The Morgan fingerprint density at radius 1 is 1.24 bits per heavy atom. The highest BCUT2D eigenvalue weighted by atomic mass is 19.4. The number of nitrogens with one attached hydrogen (secondary N) is 2. The van der Waals surface area contributed by atoms with Crippen LogP contribution in [0.3, 0.4) is 0 Å². The maximum atomic E-state index is 12.6. The zero-order chi connectivity index (χ0) is 15.2. The number of amides is 1. The minimum Gasteiger partial charge on any atom is -0.309 e. The van der Waals surface area contributed by atoms with Gasteiger partial charge in [-0.2, -0.15) is 18.3 Å². The fraction of sp³-hybridized carbons (Fsp3) is 0.286. The molecule has 0 aliphatic carbocycles. The van der Waals surface area contributed by atoms with Gasteiger partial charge >= 0.3 is 6.18 Å². The molecule has 0 radical (unpaired) electrons. The highest BCUT2D eigenvalue weighted by Crippen LogP contribution is 2.38. The zero-order valence-electron chi connectivity index (χ0n) is 11.1. The molecule has 0 saturated heterocycles. The van der Waals surface area contributed by atoms with Gasteiger partial charge in [-0.05, 0) is 24.6 Å². The maximum absolute atomic E-state index is 12.6. The van der Waals surface area contributed by atoms with E-state index in [4.69, 9.17) is 0 Å². The minimum absolute atomic E-state index is 0.193. The van der Waals surface area contributed by atoms with Gasteiger partial charge in [0, 0.05) is 23.6 Å². The average molecular weight is 295 g/mol. The van der Waals surface area contributed by atoms with Crippen LogP contribution in [0.1, 0.15) is 34.7 Å². The van der Waals surface area contributed by atoms with Gasteiger partial charge in [0.25, 0.3) is 0 Å². The number of hydrogen-bond acceptors (Lipinski definition) is 2. The molecule has 1 aromatic heterocycles. The Morgan fingerprint density at radius 2 is 1.90 bits per heavy atom. The number of H-pyrrole nitrogens is 1. The Balaban J connectivity index is 2.01. The molecule has 1 amide bonds. The van der Waals surface area contributed by atoms with Gasteiger partial charge in [-0.15, -0.1) is 0 Å². The summed E-state index contributed by atoms with van der Waals surface area (Å²) in [5, 5.41) is 9.45. The van der Waals surface area contributed by atoms with Gasteiger partial charge in [0.2, 0.25) is 5.91 Å². The van der Waals surface area contributed by atoms with E-state index < -0.39 is 11.7 Å². The van der Waals surface area contributed by atoms with Crippen LogP contribution in [0.25, 0.3) is 0 Å². The normalized spacial score (nSPS) is 18.3. The summed E-state index contributed by atoms with van der Waals surface area (Å²) in [7, 11) is 0. The number of benzene rings is 1. The summed E-state index contributed by atoms with van der Waals surface area (Å²) in [5.74, 6) is -0.0256. The lowest BCUT2D eigenvalue weighted by atomic mass is 9.85. The molecule has 110 valence electrons. The smallest absolute Gasteiger partial charge is 0.309 e. The molecule has 1 aliphatic rings. The third kappa shape index (κ3) is 2.39.